The second kappa shape index (κ2) is 10.4. The van der Waals surface area contributed by atoms with Crippen molar-refractivity contribution in [3.05, 3.63) is 40.3 Å². The second-order valence-corrected chi connectivity index (χ2v) is 8.11. The molecule has 2 aromatic rings. The standard InChI is InChI=1S/C23H31N3O4/c1-3-4-14-26-20-10-6-5-9-18(20)24-19(23(26)29)11-12-22(28)30-16-21(27)25-13-7-8-17(2)15-25/h5-6,9-10,17H,3-4,7-8,11-16H2,1-2H3. The Balaban J connectivity index is 1.61. The number of carbonyl (C=O) groups is 2. The molecule has 0 radical (unpaired) electrons. The number of piperidine rings is 1. The summed E-state index contributed by atoms with van der Waals surface area (Å²) in [6.07, 6.45) is 4.21. The first-order valence-corrected chi connectivity index (χ1v) is 10.9. The summed E-state index contributed by atoms with van der Waals surface area (Å²) in [6, 6.07) is 7.54. The van der Waals surface area contributed by atoms with Crippen LogP contribution in [0.5, 0.6) is 0 Å². The Morgan fingerprint density at radius 3 is 2.83 bits per heavy atom. The van der Waals surface area contributed by atoms with E-state index >= 15 is 0 Å². The predicted molar refractivity (Wildman–Crippen MR) is 115 cm³/mol. The van der Waals surface area contributed by atoms with Gasteiger partial charge in [0.2, 0.25) is 0 Å². The quantitative estimate of drug-likeness (QED) is 0.622. The van der Waals surface area contributed by atoms with Crippen molar-refractivity contribution in [2.75, 3.05) is 19.7 Å². The van der Waals surface area contributed by atoms with Crippen LogP contribution in [0.25, 0.3) is 11.0 Å². The highest BCUT2D eigenvalue weighted by molar-refractivity contribution is 5.81. The molecule has 1 aromatic heterocycles. The molecule has 0 saturated carbocycles. The Labute approximate surface area is 177 Å². The zero-order valence-corrected chi connectivity index (χ0v) is 17.9. The number of benzene rings is 1. The summed E-state index contributed by atoms with van der Waals surface area (Å²) in [5, 5.41) is 0. The van der Waals surface area contributed by atoms with Crippen molar-refractivity contribution in [2.45, 2.75) is 58.9 Å². The van der Waals surface area contributed by atoms with Crippen molar-refractivity contribution in [3.8, 4) is 0 Å². The zero-order chi connectivity index (χ0) is 21.5. The molecule has 0 N–H and O–H groups in total. The van der Waals surface area contributed by atoms with Gasteiger partial charge < -0.3 is 14.2 Å². The van der Waals surface area contributed by atoms with Gasteiger partial charge in [0, 0.05) is 26.1 Å². The summed E-state index contributed by atoms with van der Waals surface area (Å²) in [6.45, 7) is 6.02. The number of carbonyl (C=O) groups excluding carboxylic acids is 2. The number of aromatic nitrogens is 2. The third-order valence-electron chi connectivity index (χ3n) is 5.59. The van der Waals surface area contributed by atoms with E-state index in [2.05, 4.69) is 18.8 Å². The molecule has 2 heterocycles. The Morgan fingerprint density at radius 2 is 2.07 bits per heavy atom. The number of likely N-dealkylation sites (tertiary alicyclic amines) is 1. The van der Waals surface area contributed by atoms with E-state index in [1.54, 1.807) is 9.47 Å². The number of hydrogen-bond acceptors (Lipinski definition) is 5. The Hall–Kier alpha value is -2.70. The molecule has 1 fully saturated rings. The zero-order valence-electron chi connectivity index (χ0n) is 17.9. The summed E-state index contributed by atoms with van der Waals surface area (Å²) in [7, 11) is 0. The van der Waals surface area contributed by atoms with Crippen LogP contribution in [0.1, 0.15) is 51.6 Å². The molecule has 0 bridgehead atoms. The molecule has 0 spiro atoms. The maximum atomic E-state index is 12.9. The maximum absolute atomic E-state index is 12.9. The molecule has 1 amide bonds. The maximum Gasteiger partial charge on any atom is 0.306 e. The Kier molecular flexibility index (Phi) is 7.60. The second-order valence-electron chi connectivity index (χ2n) is 8.11. The summed E-state index contributed by atoms with van der Waals surface area (Å²) in [5.74, 6) is -0.157. The van der Waals surface area contributed by atoms with Gasteiger partial charge in [0.1, 0.15) is 5.69 Å². The number of para-hydroxylation sites is 2. The molecule has 1 aromatic carbocycles. The number of esters is 1. The third-order valence-corrected chi connectivity index (χ3v) is 5.59. The minimum atomic E-state index is -0.483. The molecule has 7 nitrogen and oxygen atoms in total. The number of fused-ring (bicyclic) bond motifs is 1. The van der Waals surface area contributed by atoms with E-state index in [0.29, 0.717) is 24.7 Å². The highest BCUT2D eigenvalue weighted by Gasteiger charge is 2.22. The fraction of sp³-hybridized carbons (Fsp3) is 0.565. The van der Waals surface area contributed by atoms with E-state index in [-0.39, 0.29) is 30.9 Å². The molecule has 1 unspecified atom stereocenters. The monoisotopic (exact) mass is 413 g/mol. The summed E-state index contributed by atoms with van der Waals surface area (Å²) >= 11 is 0. The number of amides is 1. The van der Waals surface area contributed by atoms with Crippen LogP contribution in [0.15, 0.2) is 29.1 Å². The number of nitrogens with zero attached hydrogens (tertiary/aromatic N) is 3. The molecular formula is C23H31N3O4. The molecule has 1 atom stereocenters. The van der Waals surface area contributed by atoms with Crippen LogP contribution < -0.4 is 5.56 Å². The average molecular weight is 414 g/mol. The van der Waals surface area contributed by atoms with Gasteiger partial charge in [-0.05, 0) is 37.3 Å². The number of ether oxygens (including phenoxy) is 1. The minimum absolute atomic E-state index is 0.0258. The molecule has 7 heteroatoms. The fourth-order valence-corrected chi connectivity index (χ4v) is 3.89. The summed E-state index contributed by atoms with van der Waals surface area (Å²) in [5.41, 5.74) is 1.75. The summed E-state index contributed by atoms with van der Waals surface area (Å²) in [4.78, 5) is 43.6. The van der Waals surface area contributed by atoms with E-state index in [0.717, 1.165) is 43.3 Å². The first kappa shape index (κ1) is 22.0. The van der Waals surface area contributed by atoms with Crippen LogP contribution in [0, 0.1) is 5.92 Å². The van der Waals surface area contributed by atoms with Gasteiger partial charge in [-0.25, -0.2) is 4.98 Å². The molecule has 30 heavy (non-hydrogen) atoms. The van der Waals surface area contributed by atoms with Gasteiger partial charge in [-0.15, -0.1) is 0 Å². The number of aryl methyl sites for hydroxylation is 2. The van der Waals surface area contributed by atoms with Crippen molar-refractivity contribution in [1.82, 2.24) is 14.5 Å². The molecule has 1 saturated heterocycles. The predicted octanol–water partition coefficient (Wildman–Crippen LogP) is 2.93. The topological polar surface area (TPSA) is 81.5 Å². The van der Waals surface area contributed by atoms with Crippen molar-refractivity contribution >= 4 is 22.9 Å². The molecule has 1 aliphatic heterocycles. The van der Waals surface area contributed by atoms with Gasteiger partial charge in [0.05, 0.1) is 17.5 Å². The Morgan fingerprint density at radius 1 is 1.27 bits per heavy atom. The van der Waals surface area contributed by atoms with Crippen LogP contribution in [-0.4, -0.2) is 46.0 Å². The molecule has 3 rings (SSSR count). The SMILES string of the molecule is CCCCn1c(=O)c(CCC(=O)OCC(=O)N2CCCC(C)C2)nc2ccccc21. The van der Waals surface area contributed by atoms with Gasteiger partial charge in [-0.1, -0.05) is 32.4 Å². The number of hydrogen-bond donors (Lipinski definition) is 0. The van der Waals surface area contributed by atoms with Crippen LogP contribution in [-0.2, 0) is 27.3 Å². The van der Waals surface area contributed by atoms with Crippen LogP contribution >= 0.6 is 0 Å². The lowest BCUT2D eigenvalue weighted by Gasteiger charge is -2.30. The third kappa shape index (κ3) is 5.46. The van der Waals surface area contributed by atoms with Crippen molar-refractivity contribution < 1.29 is 14.3 Å². The van der Waals surface area contributed by atoms with E-state index in [4.69, 9.17) is 4.74 Å². The highest BCUT2D eigenvalue weighted by Crippen LogP contribution is 2.15. The van der Waals surface area contributed by atoms with Crippen molar-refractivity contribution in [3.63, 3.8) is 0 Å². The molecule has 0 aliphatic carbocycles. The van der Waals surface area contributed by atoms with Gasteiger partial charge in [-0.2, -0.15) is 0 Å². The lowest BCUT2D eigenvalue weighted by molar-refractivity contribution is -0.152. The molecule has 162 valence electrons. The smallest absolute Gasteiger partial charge is 0.306 e. The lowest BCUT2D eigenvalue weighted by Crippen LogP contribution is -2.41. The molecular weight excluding hydrogens is 382 g/mol. The normalized spacial score (nSPS) is 16.6. The first-order valence-electron chi connectivity index (χ1n) is 10.9. The Bertz CT molecular complexity index is 953. The van der Waals surface area contributed by atoms with E-state index in [1.807, 2.05) is 24.3 Å². The number of rotatable bonds is 8. The van der Waals surface area contributed by atoms with Gasteiger partial charge in [0.15, 0.2) is 6.61 Å². The van der Waals surface area contributed by atoms with E-state index in [9.17, 15) is 14.4 Å². The van der Waals surface area contributed by atoms with Gasteiger partial charge in [-0.3, -0.25) is 14.4 Å². The van der Waals surface area contributed by atoms with Gasteiger partial charge in [0.25, 0.3) is 11.5 Å². The molecule has 1 aliphatic rings. The van der Waals surface area contributed by atoms with Crippen LogP contribution in [0.2, 0.25) is 0 Å². The average Bonchev–Trinajstić information content (AvgIpc) is 2.75. The van der Waals surface area contributed by atoms with Crippen LogP contribution in [0.4, 0.5) is 0 Å². The summed E-state index contributed by atoms with van der Waals surface area (Å²) < 4.78 is 6.91. The largest absolute Gasteiger partial charge is 0.456 e. The first-order chi connectivity index (χ1) is 14.5. The van der Waals surface area contributed by atoms with Crippen LogP contribution in [0.3, 0.4) is 0 Å². The lowest BCUT2D eigenvalue weighted by atomic mass is 10.0. The highest BCUT2D eigenvalue weighted by atomic mass is 16.5. The van der Waals surface area contributed by atoms with E-state index in [1.165, 1.54) is 0 Å². The van der Waals surface area contributed by atoms with E-state index < -0.39 is 5.97 Å². The van der Waals surface area contributed by atoms with Crippen molar-refractivity contribution in [1.29, 1.82) is 0 Å². The number of unbranched alkanes of at least 4 members (excludes halogenated alkanes) is 1. The fourth-order valence-electron chi connectivity index (χ4n) is 3.89. The van der Waals surface area contributed by atoms with Crippen molar-refractivity contribution in [2.24, 2.45) is 5.92 Å². The minimum Gasteiger partial charge on any atom is -0.456 e. The van der Waals surface area contributed by atoms with Gasteiger partial charge >= 0.3 is 5.97 Å².